The van der Waals surface area contributed by atoms with Gasteiger partial charge in [0.15, 0.2) is 0 Å². The second-order valence-corrected chi connectivity index (χ2v) is 8.35. The van der Waals surface area contributed by atoms with E-state index in [2.05, 4.69) is 16.0 Å². The maximum absolute atomic E-state index is 13.1. The summed E-state index contributed by atoms with van der Waals surface area (Å²) in [6.07, 6.45) is 0. The maximum atomic E-state index is 13.1. The lowest BCUT2D eigenvalue weighted by atomic mass is 9.99. The first-order chi connectivity index (χ1) is 17.4. The summed E-state index contributed by atoms with van der Waals surface area (Å²) >= 11 is 0. The zero-order valence-electron chi connectivity index (χ0n) is 20.4. The van der Waals surface area contributed by atoms with Gasteiger partial charge in [0, 0.05) is 37.0 Å². The van der Waals surface area contributed by atoms with E-state index in [-0.39, 0.29) is 11.8 Å². The molecule has 36 heavy (non-hydrogen) atoms. The molecule has 0 fully saturated rings. The van der Waals surface area contributed by atoms with Crippen LogP contribution in [0.25, 0.3) is 11.3 Å². The maximum Gasteiger partial charge on any atom is 0.337 e. The Morgan fingerprint density at radius 3 is 2.31 bits per heavy atom. The van der Waals surface area contributed by atoms with Crippen LogP contribution in [0.2, 0.25) is 0 Å². The minimum Gasteiger partial charge on any atom is -0.465 e. The Bertz CT molecular complexity index is 1320. The van der Waals surface area contributed by atoms with E-state index in [0.29, 0.717) is 46.7 Å². The number of nitrogens with one attached hydrogen (secondary N) is 3. The van der Waals surface area contributed by atoms with E-state index < -0.39 is 5.97 Å². The second-order valence-electron chi connectivity index (χ2n) is 8.35. The fourth-order valence-corrected chi connectivity index (χ4v) is 3.99. The van der Waals surface area contributed by atoms with Gasteiger partial charge < -0.3 is 25.6 Å². The van der Waals surface area contributed by atoms with Crippen LogP contribution in [-0.2, 0) is 9.53 Å². The van der Waals surface area contributed by atoms with Gasteiger partial charge in [-0.1, -0.05) is 36.4 Å². The molecule has 1 aliphatic rings. The van der Waals surface area contributed by atoms with Crippen LogP contribution in [-0.4, -0.2) is 57.0 Å². The average molecular weight is 485 g/mol. The van der Waals surface area contributed by atoms with Crippen LogP contribution in [0.1, 0.15) is 31.8 Å². The molecule has 184 valence electrons. The number of ether oxygens (including phenoxy) is 1. The van der Waals surface area contributed by atoms with Gasteiger partial charge in [0.25, 0.3) is 11.8 Å². The van der Waals surface area contributed by atoms with Crippen molar-refractivity contribution in [1.29, 1.82) is 0 Å². The summed E-state index contributed by atoms with van der Waals surface area (Å²) in [6, 6.07) is 21.7. The third-order valence-electron chi connectivity index (χ3n) is 5.94. The molecule has 8 nitrogen and oxygen atoms in total. The fraction of sp³-hybridized carbons (Fsp3) is 0.179. The van der Waals surface area contributed by atoms with Crippen LogP contribution in [0.15, 0.2) is 72.8 Å². The Kier molecular flexibility index (Phi) is 7.46. The van der Waals surface area contributed by atoms with Crippen molar-refractivity contribution < 1.29 is 19.1 Å². The van der Waals surface area contributed by atoms with Crippen molar-refractivity contribution in [2.75, 3.05) is 44.9 Å². The molecule has 0 atom stereocenters. The summed E-state index contributed by atoms with van der Waals surface area (Å²) in [7, 11) is 4.93. The SMILES string of the molecule is CNCCN(C)C(=O)c1ccc(N/C(=C2\C(=O)Nc3cc(C(=O)OC)ccc32)c2ccccc2)cc1. The summed E-state index contributed by atoms with van der Waals surface area (Å²) in [5.74, 6) is -0.822. The van der Waals surface area contributed by atoms with Crippen LogP contribution in [0, 0.1) is 0 Å². The first kappa shape index (κ1) is 24.7. The normalized spacial score (nSPS) is 13.5. The standard InChI is InChI=1S/C28H28N4O4/c1-29-15-16-32(2)27(34)19-9-12-21(13-10-19)30-25(18-7-5-4-6-8-18)24-22-14-11-20(28(35)36-3)17-23(22)31-26(24)33/h4-14,17,29-30H,15-16H2,1-3H3,(H,31,33)/b25-24-. The lowest BCUT2D eigenvalue weighted by molar-refractivity contribution is -0.110. The Morgan fingerprint density at radius 1 is 0.944 bits per heavy atom. The zero-order valence-corrected chi connectivity index (χ0v) is 20.4. The van der Waals surface area contributed by atoms with Crippen LogP contribution < -0.4 is 16.0 Å². The van der Waals surface area contributed by atoms with E-state index in [1.807, 2.05) is 49.5 Å². The predicted octanol–water partition coefficient (Wildman–Crippen LogP) is 3.70. The molecule has 1 aliphatic heterocycles. The van der Waals surface area contributed by atoms with E-state index in [4.69, 9.17) is 4.74 Å². The highest BCUT2D eigenvalue weighted by atomic mass is 16.5. The molecule has 0 radical (unpaired) electrons. The number of likely N-dealkylation sites (N-methyl/N-ethyl adjacent to an activating group) is 2. The quantitative estimate of drug-likeness (QED) is 0.333. The third-order valence-corrected chi connectivity index (χ3v) is 5.94. The van der Waals surface area contributed by atoms with Crippen molar-refractivity contribution in [2.45, 2.75) is 0 Å². The predicted molar refractivity (Wildman–Crippen MR) is 141 cm³/mol. The molecular weight excluding hydrogens is 456 g/mol. The van der Waals surface area contributed by atoms with Gasteiger partial charge in [-0.2, -0.15) is 0 Å². The summed E-state index contributed by atoms with van der Waals surface area (Å²) in [4.78, 5) is 39.4. The molecule has 0 aromatic heterocycles. The van der Waals surface area contributed by atoms with Crippen LogP contribution in [0.5, 0.6) is 0 Å². The average Bonchev–Trinajstić information content (AvgIpc) is 3.24. The van der Waals surface area contributed by atoms with Crippen LogP contribution >= 0.6 is 0 Å². The van der Waals surface area contributed by atoms with Crippen molar-refractivity contribution in [3.8, 4) is 0 Å². The van der Waals surface area contributed by atoms with Crippen molar-refractivity contribution in [3.63, 3.8) is 0 Å². The number of anilines is 2. The van der Waals surface area contributed by atoms with Crippen molar-refractivity contribution in [1.82, 2.24) is 10.2 Å². The Balaban J connectivity index is 1.70. The number of hydrogen-bond donors (Lipinski definition) is 3. The summed E-state index contributed by atoms with van der Waals surface area (Å²) in [6.45, 7) is 1.31. The fourth-order valence-electron chi connectivity index (χ4n) is 3.99. The third kappa shape index (κ3) is 5.13. The number of fused-ring (bicyclic) bond motifs is 1. The summed E-state index contributed by atoms with van der Waals surface area (Å²) in [5, 5.41) is 9.27. The van der Waals surface area contributed by atoms with Gasteiger partial charge in [-0.3, -0.25) is 9.59 Å². The molecule has 1 heterocycles. The molecule has 3 N–H and O–H groups in total. The highest BCUT2D eigenvalue weighted by molar-refractivity contribution is 6.37. The van der Waals surface area contributed by atoms with Crippen molar-refractivity contribution >= 4 is 40.4 Å². The molecule has 8 heteroatoms. The Labute approximate surface area is 210 Å². The van der Waals surface area contributed by atoms with E-state index in [1.165, 1.54) is 7.11 Å². The van der Waals surface area contributed by atoms with Crippen molar-refractivity contribution in [2.24, 2.45) is 0 Å². The minimum absolute atomic E-state index is 0.0658. The van der Waals surface area contributed by atoms with Gasteiger partial charge in [-0.05, 0) is 49.0 Å². The number of benzene rings is 3. The van der Waals surface area contributed by atoms with Gasteiger partial charge >= 0.3 is 5.97 Å². The molecule has 0 saturated heterocycles. The highest BCUT2D eigenvalue weighted by Crippen LogP contribution is 2.38. The molecule has 0 bridgehead atoms. The van der Waals surface area contributed by atoms with E-state index >= 15 is 0 Å². The van der Waals surface area contributed by atoms with E-state index in [1.54, 1.807) is 42.3 Å². The number of rotatable bonds is 8. The van der Waals surface area contributed by atoms with Crippen LogP contribution in [0.4, 0.5) is 11.4 Å². The molecule has 0 spiro atoms. The second kappa shape index (κ2) is 10.9. The number of carbonyl (C=O) groups is 3. The van der Waals surface area contributed by atoms with Gasteiger partial charge in [-0.25, -0.2) is 4.79 Å². The lowest BCUT2D eigenvalue weighted by Gasteiger charge is -2.18. The summed E-state index contributed by atoms with van der Waals surface area (Å²) < 4.78 is 4.80. The van der Waals surface area contributed by atoms with Crippen LogP contribution in [0.3, 0.4) is 0 Å². The topological polar surface area (TPSA) is 99.8 Å². The molecule has 2 amide bonds. The molecule has 0 saturated carbocycles. The van der Waals surface area contributed by atoms with E-state index in [0.717, 1.165) is 11.3 Å². The zero-order chi connectivity index (χ0) is 25.7. The molecule has 3 aromatic rings. The number of methoxy groups -OCH3 is 1. The summed E-state index contributed by atoms with van der Waals surface area (Å²) in [5.41, 5.74) is 4.76. The Morgan fingerprint density at radius 2 is 1.64 bits per heavy atom. The largest absolute Gasteiger partial charge is 0.465 e. The first-order valence-corrected chi connectivity index (χ1v) is 11.5. The smallest absolute Gasteiger partial charge is 0.337 e. The molecule has 4 rings (SSSR count). The number of carbonyl (C=O) groups excluding carboxylic acids is 3. The monoisotopic (exact) mass is 484 g/mol. The Hall–Kier alpha value is -4.43. The lowest BCUT2D eigenvalue weighted by Crippen LogP contribution is -2.32. The molecule has 3 aromatic carbocycles. The minimum atomic E-state index is -0.475. The van der Waals surface area contributed by atoms with Gasteiger partial charge in [0.2, 0.25) is 0 Å². The first-order valence-electron chi connectivity index (χ1n) is 11.5. The molecular formula is C28H28N4O4. The van der Waals surface area contributed by atoms with E-state index in [9.17, 15) is 14.4 Å². The highest BCUT2D eigenvalue weighted by Gasteiger charge is 2.29. The molecule has 0 aliphatic carbocycles. The number of nitrogens with zero attached hydrogens (tertiary/aromatic N) is 1. The van der Waals surface area contributed by atoms with Gasteiger partial charge in [0.1, 0.15) is 0 Å². The van der Waals surface area contributed by atoms with Gasteiger partial charge in [-0.15, -0.1) is 0 Å². The van der Waals surface area contributed by atoms with Crippen molar-refractivity contribution in [3.05, 3.63) is 95.1 Å². The number of amides is 2. The molecule has 0 unspecified atom stereocenters. The van der Waals surface area contributed by atoms with Gasteiger partial charge in [0.05, 0.1) is 29.6 Å². The number of esters is 1. The number of hydrogen-bond acceptors (Lipinski definition) is 6.